The van der Waals surface area contributed by atoms with Crippen molar-refractivity contribution in [2.45, 2.75) is 13.0 Å². The predicted molar refractivity (Wildman–Crippen MR) is 52.8 cm³/mol. The molecule has 0 aromatic carbocycles. The monoisotopic (exact) mass is 219 g/mol. The summed E-state index contributed by atoms with van der Waals surface area (Å²) in [5.41, 5.74) is 5.42. The van der Waals surface area contributed by atoms with E-state index in [1.807, 2.05) is 0 Å². The quantitative estimate of drug-likeness (QED) is 0.281. The molecule has 0 rings (SSSR count). The molecule has 0 aromatic rings. The van der Waals surface area contributed by atoms with E-state index in [-0.39, 0.29) is 31.9 Å². The van der Waals surface area contributed by atoms with Gasteiger partial charge in [-0.3, -0.25) is 0 Å². The second kappa shape index (κ2) is 8.22. The van der Waals surface area contributed by atoms with E-state index in [9.17, 15) is 4.79 Å². The van der Waals surface area contributed by atoms with Crippen molar-refractivity contribution in [3.63, 3.8) is 0 Å². The van der Waals surface area contributed by atoms with Crippen LogP contribution in [0.15, 0.2) is 11.8 Å². The van der Waals surface area contributed by atoms with E-state index < -0.39 is 12.1 Å². The fourth-order valence-corrected chi connectivity index (χ4v) is 0.650. The van der Waals surface area contributed by atoms with Crippen LogP contribution in [0.5, 0.6) is 0 Å². The Labute approximate surface area is 88.3 Å². The first-order valence-electron chi connectivity index (χ1n) is 4.56. The first-order valence-corrected chi connectivity index (χ1v) is 4.56. The first-order chi connectivity index (χ1) is 7.11. The van der Waals surface area contributed by atoms with Crippen LogP contribution in [0.1, 0.15) is 6.92 Å². The highest BCUT2D eigenvalue weighted by atomic mass is 16.5. The van der Waals surface area contributed by atoms with Crippen molar-refractivity contribution in [3.8, 4) is 0 Å². The molecule has 0 aliphatic rings. The van der Waals surface area contributed by atoms with Crippen LogP contribution in [0.3, 0.4) is 0 Å². The van der Waals surface area contributed by atoms with Crippen LogP contribution < -0.4 is 5.73 Å². The van der Waals surface area contributed by atoms with E-state index in [4.69, 9.17) is 25.4 Å². The van der Waals surface area contributed by atoms with Crippen LogP contribution in [0, 0.1) is 0 Å². The van der Waals surface area contributed by atoms with Crippen LogP contribution in [-0.4, -0.2) is 48.7 Å². The molecule has 0 aromatic heterocycles. The van der Waals surface area contributed by atoms with Crippen molar-refractivity contribution in [1.82, 2.24) is 0 Å². The molecular formula is C9H17NO5. The highest BCUT2D eigenvalue weighted by molar-refractivity contribution is 5.87. The fraction of sp³-hybridized carbons (Fsp3) is 0.667. The van der Waals surface area contributed by atoms with E-state index in [2.05, 4.69) is 0 Å². The summed E-state index contributed by atoms with van der Waals surface area (Å²) in [4.78, 5) is 11.1. The highest BCUT2D eigenvalue weighted by Gasteiger charge is 2.06. The van der Waals surface area contributed by atoms with Crippen molar-refractivity contribution in [2.24, 2.45) is 5.73 Å². The lowest BCUT2D eigenvalue weighted by Gasteiger charge is -2.07. The molecule has 4 N–H and O–H groups in total. The van der Waals surface area contributed by atoms with Crippen LogP contribution in [0.4, 0.5) is 0 Å². The molecule has 0 aliphatic heterocycles. The SMILES string of the molecule is CC(=COCC(O)CO)C(=O)OCCN. The lowest BCUT2D eigenvalue weighted by molar-refractivity contribution is -0.138. The zero-order valence-corrected chi connectivity index (χ0v) is 8.68. The van der Waals surface area contributed by atoms with Crippen molar-refractivity contribution in [1.29, 1.82) is 0 Å². The number of aliphatic hydroxyl groups is 2. The number of carbonyl (C=O) groups is 1. The number of hydrogen-bond donors (Lipinski definition) is 3. The Bertz CT molecular complexity index is 217. The minimum atomic E-state index is -0.950. The molecule has 6 heteroatoms. The lowest BCUT2D eigenvalue weighted by Crippen LogP contribution is -2.18. The Morgan fingerprint density at radius 1 is 1.60 bits per heavy atom. The Morgan fingerprint density at radius 2 is 2.27 bits per heavy atom. The summed E-state index contributed by atoms with van der Waals surface area (Å²) in [6, 6.07) is 0. The Hall–Kier alpha value is -1.11. The Balaban J connectivity index is 3.81. The molecule has 0 spiro atoms. The number of aliphatic hydroxyl groups excluding tert-OH is 2. The third kappa shape index (κ3) is 6.89. The molecule has 0 fully saturated rings. The number of carbonyl (C=O) groups excluding carboxylic acids is 1. The predicted octanol–water partition coefficient (Wildman–Crippen LogP) is -1.24. The van der Waals surface area contributed by atoms with Gasteiger partial charge in [0.2, 0.25) is 0 Å². The molecule has 0 saturated carbocycles. The van der Waals surface area contributed by atoms with Gasteiger partial charge in [-0.1, -0.05) is 0 Å². The van der Waals surface area contributed by atoms with E-state index in [0.717, 1.165) is 0 Å². The third-order valence-corrected chi connectivity index (χ3v) is 1.43. The molecule has 0 aliphatic carbocycles. The van der Waals surface area contributed by atoms with Gasteiger partial charge >= 0.3 is 5.97 Å². The molecule has 0 saturated heterocycles. The molecule has 0 radical (unpaired) electrons. The smallest absolute Gasteiger partial charge is 0.336 e. The van der Waals surface area contributed by atoms with Crippen LogP contribution >= 0.6 is 0 Å². The van der Waals surface area contributed by atoms with Gasteiger partial charge in [0.15, 0.2) is 0 Å². The second-order valence-electron chi connectivity index (χ2n) is 2.90. The maximum atomic E-state index is 11.1. The highest BCUT2D eigenvalue weighted by Crippen LogP contribution is 1.97. The topological polar surface area (TPSA) is 102 Å². The molecule has 15 heavy (non-hydrogen) atoms. The summed E-state index contributed by atoms with van der Waals surface area (Å²) in [6.45, 7) is 1.49. The largest absolute Gasteiger partial charge is 0.498 e. The van der Waals surface area contributed by atoms with Crippen molar-refractivity contribution >= 4 is 5.97 Å². The van der Waals surface area contributed by atoms with Crippen LogP contribution in [0.2, 0.25) is 0 Å². The number of rotatable bonds is 7. The zero-order chi connectivity index (χ0) is 11.7. The third-order valence-electron chi connectivity index (χ3n) is 1.43. The average Bonchev–Trinajstić information content (AvgIpc) is 2.25. The maximum Gasteiger partial charge on any atom is 0.336 e. The summed E-state index contributed by atoms with van der Waals surface area (Å²) in [5, 5.41) is 17.4. The van der Waals surface area contributed by atoms with E-state index in [0.29, 0.717) is 0 Å². The summed E-state index contributed by atoms with van der Waals surface area (Å²) in [5.74, 6) is -0.515. The van der Waals surface area contributed by atoms with Gasteiger partial charge in [0, 0.05) is 6.54 Å². The molecular weight excluding hydrogens is 202 g/mol. The maximum absolute atomic E-state index is 11.1. The summed E-state index contributed by atoms with van der Waals surface area (Å²) in [7, 11) is 0. The van der Waals surface area contributed by atoms with Crippen molar-refractivity contribution in [3.05, 3.63) is 11.8 Å². The van der Waals surface area contributed by atoms with Gasteiger partial charge in [-0.25, -0.2) is 4.79 Å². The van der Waals surface area contributed by atoms with Crippen LogP contribution in [-0.2, 0) is 14.3 Å². The van der Waals surface area contributed by atoms with Gasteiger partial charge in [-0.05, 0) is 6.92 Å². The minimum absolute atomic E-state index is 0.0714. The lowest BCUT2D eigenvalue weighted by atomic mass is 10.3. The number of esters is 1. The zero-order valence-electron chi connectivity index (χ0n) is 8.68. The summed E-state index contributed by atoms with van der Waals surface area (Å²) < 4.78 is 9.56. The van der Waals surface area contributed by atoms with Gasteiger partial charge in [0.05, 0.1) is 18.4 Å². The number of ether oxygens (including phenoxy) is 2. The molecule has 1 atom stereocenters. The van der Waals surface area contributed by atoms with Gasteiger partial charge in [-0.2, -0.15) is 0 Å². The Kier molecular flexibility index (Phi) is 7.61. The van der Waals surface area contributed by atoms with Crippen molar-refractivity contribution < 1.29 is 24.5 Å². The second-order valence-corrected chi connectivity index (χ2v) is 2.90. The normalized spacial score (nSPS) is 13.5. The summed E-state index contributed by atoms with van der Waals surface area (Å²) >= 11 is 0. The standard InChI is InChI=1S/C9H17NO5/c1-7(9(13)15-3-2-10)5-14-6-8(12)4-11/h5,8,11-12H,2-4,6,10H2,1H3. The summed E-state index contributed by atoms with van der Waals surface area (Å²) in [6.07, 6.45) is 0.228. The Morgan fingerprint density at radius 3 is 2.80 bits per heavy atom. The van der Waals surface area contributed by atoms with Gasteiger partial charge < -0.3 is 25.4 Å². The van der Waals surface area contributed by atoms with E-state index in [1.165, 1.54) is 13.2 Å². The number of nitrogens with two attached hydrogens (primary N) is 1. The number of hydrogen-bond acceptors (Lipinski definition) is 6. The van der Waals surface area contributed by atoms with Gasteiger partial charge in [0.25, 0.3) is 0 Å². The van der Waals surface area contributed by atoms with Crippen LogP contribution in [0.25, 0.3) is 0 Å². The first kappa shape index (κ1) is 13.9. The van der Waals surface area contributed by atoms with Crippen molar-refractivity contribution in [2.75, 3.05) is 26.4 Å². The van der Waals surface area contributed by atoms with Gasteiger partial charge in [-0.15, -0.1) is 0 Å². The molecule has 6 nitrogen and oxygen atoms in total. The average molecular weight is 219 g/mol. The minimum Gasteiger partial charge on any atom is -0.498 e. The fourth-order valence-electron chi connectivity index (χ4n) is 0.650. The molecule has 0 bridgehead atoms. The van der Waals surface area contributed by atoms with E-state index >= 15 is 0 Å². The molecule has 0 heterocycles. The molecule has 0 amide bonds. The molecule has 88 valence electrons. The van der Waals surface area contributed by atoms with E-state index in [1.54, 1.807) is 0 Å². The van der Waals surface area contributed by atoms with Gasteiger partial charge in [0.1, 0.15) is 19.3 Å². The molecule has 1 unspecified atom stereocenters.